The average molecular weight is 372 g/mol. The molecule has 8 nitrogen and oxygen atoms in total. The van der Waals surface area contributed by atoms with Gasteiger partial charge in [0, 0.05) is 51.2 Å². The molecule has 0 aromatic carbocycles. The number of aliphatic hydroxyl groups is 1. The number of nitrogens with zero attached hydrogens (tertiary/aromatic N) is 5. The second-order valence-electron chi connectivity index (χ2n) is 6.85. The molecule has 8 heteroatoms. The molecule has 2 N–H and O–H groups in total. The third kappa shape index (κ3) is 5.05. The van der Waals surface area contributed by atoms with Gasteiger partial charge in [-0.3, -0.25) is 14.4 Å². The van der Waals surface area contributed by atoms with Gasteiger partial charge in [-0.25, -0.2) is 4.98 Å². The summed E-state index contributed by atoms with van der Waals surface area (Å²) in [6.07, 6.45) is 1.91. The Morgan fingerprint density at radius 3 is 2.56 bits per heavy atom. The Morgan fingerprint density at radius 2 is 1.89 bits per heavy atom. The number of β-amino-alcohol motifs (C(OH)–C–C–N with tert-alkyl or cyclic N) is 1. The molecule has 2 aromatic heterocycles. The van der Waals surface area contributed by atoms with Crippen LogP contribution in [0.5, 0.6) is 0 Å². The Labute approximate surface area is 159 Å². The summed E-state index contributed by atoms with van der Waals surface area (Å²) in [5.74, 6) is 0.630. The van der Waals surface area contributed by atoms with Crippen molar-refractivity contribution in [2.24, 2.45) is 0 Å². The number of amides is 1. The SMILES string of the molecule is Cc1ccc(C(=O)NCCn2ccc(C)n2)c(N2CCN(CCO)CC2)n1. The van der Waals surface area contributed by atoms with E-state index in [4.69, 9.17) is 5.11 Å². The van der Waals surface area contributed by atoms with E-state index in [-0.39, 0.29) is 12.5 Å². The maximum Gasteiger partial charge on any atom is 0.255 e. The smallest absolute Gasteiger partial charge is 0.255 e. The minimum atomic E-state index is -0.112. The van der Waals surface area contributed by atoms with Crippen LogP contribution < -0.4 is 10.2 Å². The zero-order chi connectivity index (χ0) is 19.2. The van der Waals surface area contributed by atoms with Crippen LogP contribution >= 0.6 is 0 Å². The lowest BCUT2D eigenvalue weighted by atomic mass is 10.2. The van der Waals surface area contributed by atoms with Crippen molar-refractivity contribution in [2.75, 3.05) is 50.8 Å². The Kier molecular flexibility index (Phi) is 6.41. The van der Waals surface area contributed by atoms with Crippen LogP contribution in [0.25, 0.3) is 0 Å². The maximum absolute atomic E-state index is 12.7. The fourth-order valence-electron chi connectivity index (χ4n) is 3.25. The van der Waals surface area contributed by atoms with Crippen LogP contribution in [-0.2, 0) is 6.54 Å². The summed E-state index contributed by atoms with van der Waals surface area (Å²) in [5.41, 5.74) is 2.46. The van der Waals surface area contributed by atoms with Gasteiger partial charge >= 0.3 is 0 Å². The highest BCUT2D eigenvalue weighted by Gasteiger charge is 2.22. The first-order valence-electron chi connectivity index (χ1n) is 9.41. The monoisotopic (exact) mass is 372 g/mol. The quantitative estimate of drug-likeness (QED) is 0.733. The molecule has 3 rings (SSSR count). The number of carbonyl (C=O) groups excluding carboxylic acids is 1. The number of carbonyl (C=O) groups is 1. The predicted octanol–water partition coefficient (Wildman–Crippen LogP) is 0.439. The number of rotatable bonds is 7. The summed E-state index contributed by atoms with van der Waals surface area (Å²) in [5, 5.41) is 16.4. The number of aryl methyl sites for hydroxylation is 2. The van der Waals surface area contributed by atoms with Gasteiger partial charge in [0.25, 0.3) is 5.91 Å². The lowest BCUT2D eigenvalue weighted by molar-refractivity contribution is 0.0952. The molecule has 1 fully saturated rings. The first kappa shape index (κ1) is 19.3. The van der Waals surface area contributed by atoms with Crippen LogP contribution in [-0.4, -0.2) is 76.6 Å². The van der Waals surface area contributed by atoms with Crippen molar-refractivity contribution in [2.45, 2.75) is 20.4 Å². The summed E-state index contributed by atoms with van der Waals surface area (Å²) in [6, 6.07) is 5.67. The molecular weight excluding hydrogens is 344 g/mol. The van der Waals surface area contributed by atoms with Crippen LogP contribution in [0.2, 0.25) is 0 Å². The summed E-state index contributed by atoms with van der Waals surface area (Å²) in [4.78, 5) is 21.7. The summed E-state index contributed by atoms with van der Waals surface area (Å²) >= 11 is 0. The van der Waals surface area contributed by atoms with Gasteiger partial charge in [0.2, 0.25) is 0 Å². The van der Waals surface area contributed by atoms with Gasteiger partial charge in [-0.05, 0) is 32.0 Å². The van der Waals surface area contributed by atoms with E-state index in [1.807, 2.05) is 42.9 Å². The number of aliphatic hydroxyl groups excluding tert-OH is 1. The second-order valence-corrected chi connectivity index (χ2v) is 6.85. The van der Waals surface area contributed by atoms with E-state index in [2.05, 4.69) is 25.2 Å². The molecule has 146 valence electrons. The zero-order valence-corrected chi connectivity index (χ0v) is 16.1. The van der Waals surface area contributed by atoms with Gasteiger partial charge in [-0.1, -0.05) is 0 Å². The van der Waals surface area contributed by atoms with Crippen molar-refractivity contribution in [3.63, 3.8) is 0 Å². The molecule has 27 heavy (non-hydrogen) atoms. The second kappa shape index (κ2) is 8.96. The van der Waals surface area contributed by atoms with E-state index in [0.29, 0.717) is 25.2 Å². The number of anilines is 1. The molecular formula is C19H28N6O2. The standard InChI is InChI=1S/C19H28N6O2/c1-15-3-4-17(19(27)20-6-8-25-7-5-16(2)22-25)18(21-15)24-11-9-23(10-12-24)13-14-26/h3-5,7,26H,6,8-14H2,1-2H3,(H,20,27). The van der Waals surface area contributed by atoms with Gasteiger partial charge in [0.15, 0.2) is 0 Å². The predicted molar refractivity (Wildman–Crippen MR) is 104 cm³/mol. The molecule has 0 saturated carbocycles. The number of piperazine rings is 1. The van der Waals surface area contributed by atoms with Crippen LogP contribution in [0.1, 0.15) is 21.7 Å². The van der Waals surface area contributed by atoms with Crippen LogP contribution in [0.15, 0.2) is 24.4 Å². The molecule has 0 bridgehead atoms. The summed E-state index contributed by atoms with van der Waals surface area (Å²) in [7, 11) is 0. The Balaban J connectivity index is 1.63. The van der Waals surface area contributed by atoms with Crippen LogP contribution in [0.3, 0.4) is 0 Å². The number of pyridine rings is 1. The van der Waals surface area contributed by atoms with Gasteiger partial charge in [0.05, 0.1) is 24.4 Å². The fourth-order valence-corrected chi connectivity index (χ4v) is 3.25. The van der Waals surface area contributed by atoms with Crippen LogP contribution in [0, 0.1) is 13.8 Å². The number of hydrogen-bond donors (Lipinski definition) is 2. The van der Waals surface area contributed by atoms with E-state index in [1.54, 1.807) is 0 Å². The highest BCUT2D eigenvalue weighted by atomic mass is 16.3. The van der Waals surface area contributed by atoms with E-state index in [1.165, 1.54) is 0 Å². The highest BCUT2D eigenvalue weighted by Crippen LogP contribution is 2.20. The lowest BCUT2D eigenvalue weighted by Gasteiger charge is -2.35. The minimum absolute atomic E-state index is 0.112. The molecule has 1 aliphatic heterocycles. The first-order valence-corrected chi connectivity index (χ1v) is 9.41. The first-order chi connectivity index (χ1) is 13.1. The fraction of sp³-hybridized carbons (Fsp3) is 0.526. The molecule has 0 unspecified atom stereocenters. The van der Waals surface area contributed by atoms with Gasteiger partial charge in [-0.2, -0.15) is 5.10 Å². The minimum Gasteiger partial charge on any atom is -0.395 e. The topological polar surface area (TPSA) is 86.5 Å². The van der Waals surface area contributed by atoms with E-state index in [0.717, 1.165) is 43.4 Å². The largest absolute Gasteiger partial charge is 0.395 e. The Bertz CT molecular complexity index is 767. The van der Waals surface area contributed by atoms with E-state index >= 15 is 0 Å². The van der Waals surface area contributed by atoms with E-state index < -0.39 is 0 Å². The molecule has 0 spiro atoms. The Hall–Kier alpha value is -2.45. The van der Waals surface area contributed by atoms with Crippen molar-refractivity contribution in [3.05, 3.63) is 41.3 Å². The molecule has 3 heterocycles. The van der Waals surface area contributed by atoms with Crippen molar-refractivity contribution < 1.29 is 9.90 Å². The van der Waals surface area contributed by atoms with Gasteiger partial charge < -0.3 is 15.3 Å². The number of aromatic nitrogens is 3. The molecule has 1 saturated heterocycles. The highest BCUT2D eigenvalue weighted by molar-refractivity contribution is 5.99. The number of hydrogen-bond acceptors (Lipinski definition) is 6. The van der Waals surface area contributed by atoms with Crippen molar-refractivity contribution >= 4 is 11.7 Å². The normalized spacial score (nSPS) is 15.1. The molecule has 1 amide bonds. The molecule has 0 aliphatic carbocycles. The molecule has 2 aromatic rings. The third-order valence-electron chi connectivity index (χ3n) is 4.75. The average Bonchev–Trinajstić information content (AvgIpc) is 3.07. The molecule has 0 radical (unpaired) electrons. The lowest BCUT2D eigenvalue weighted by Crippen LogP contribution is -2.48. The number of nitrogens with one attached hydrogen (secondary N) is 1. The van der Waals surface area contributed by atoms with Crippen molar-refractivity contribution in [3.8, 4) is 0 Å². The van der Waals surface area contributed by atoms with Gasteiger partial charge in [-0.15, -0.1) is 0 Å². The van der Waals surface area contributed by atoms with Crippen molar-refractivity contribution in [1.82, 2.24) is 25.0 Å². The van der Waals surface area contributed by atoms with Crippen molar-refractivity contribution in [1.29, 1.82) is 0 Å². The third-order valence-corrected chi connectivity index (χ3v) is 4.75. The summed E-state index contributed by atoms with van der Waals surface area (Å²) < 4.78 is 1.82. The van der Waals surface area contributed by atoms with Gasteiger partial charge in [0.1, 0.15) is 5.82 Å². The Morgan fingerprint density at radius 1 is 1.11 bits per heavy atom. The zero-order valence-electron chi connectivity index (χ0n) is 16.1. The van der Waals surface area contributed by atoms with Crippen LogP contribution in [0.4, 0.5) is 5.82 Å². The maximum atomic E-state index is 12.7. The summed E-state index contributed by atoms with van der Waals surface area (Å²) in [6.45, 7) is 9.19. The van der Waals surface area contributed by atoms with E-state index in [9.17, 15) is 4.79 Å². The molecule has 1 aliphatic rings. The molecule has 0 atom stereocenters.